The number of aliphatic carboxylic acids is 1. The standard InChI is InChI=1S/C19H21N3O6S2/c1-12(19(26)22-14-4-8-16(9-5-14)30(20,27)28)29-15-6-2-13(3-7-15)21-17(23)10-11-18(24)25/h2-9,12H,10-11H2,1H3,(H,21,23)(H,22,26)(H,24,25)(H2,20,27,28)/t12-/m0/s1. The van der Waals surface area contributed by atoms with Crippen LogP contribution < -0.4 is 15.8 Å². The summed E-state index contributed by atoms with van der Waals surface area (Å²) < 4.78 is 22.5. The molecule has 0 radical (unpaired) electrons. The number of primary sulfonamides is 1. The minimum absolute atomic E-state index is 0.0435. The summed E-state index contributed by atoms with van der Waals surface area (Å²) in [5.74, 6) is -1.70. The lowest BCUT2D eigenvalue weighted by atomic mass is 10.2. The Kier molecular flexibility index (Phi) is 7.98. The summed E-state index contributed by atoms with van der Waals surface area (Å²) in [6.45, 7) is 1.72. The van der Waals surface area contributed by atoms with E-state index in [0.717, 1.165) is 4.90 Å². The molecule has 160 valence electrons. The SMILES string of the molecule is C[C@H](Sc1ccc(NC(=O)CCC(=O)O)cc1)C(=O)Nc1ccc(S(N)(=O)=O)cc1. The first-order chi connectivity index (χ1) is 14.0. The number of carboxylic acids is 1. The molecule has 2 aromatic rings. The number of hydrogen-bond acceptors (Lipinski definition) is 6. The largest absolute Gasteiger partial charge is 0.481 e. The Labute approximate surface area is 178 Å². The van der Waals surface area contributed by atoms with Crippen molar-refractivity contribution in [1.29, 1.82) is 0 Å². The highest BCUT2D eigenvalue weighted by Gasteiger charge is 2.15. The predicted molar refractivity (Wildman–Crippen MR) is 114 cm³/mol. The molecule has 2 amide bonds. The van der Waals surface area contributed by atoms with Gasteiger partial charge in [0, 0.05) is 22.7 Å². The fourth-order valence-electron chi connectivity index (χ4n) is 2.29. The van der Waals surface area contributed by atoms with Crippen molar-refractivity contribution in [3.8, 4) is 0 Å². The zero-order valence-corrected chi connectivity index (χ0v) is 17.6. The molecule has 0 aliphatic heterocycles. The number of anilines is 2. The summed E-state index contributed by atoms with van der Waals surface area (Å²) in [4.78, 5) is 35.2. The third-order valence-corrected chi connectivity index (χ3v) is 5.88. The first-order valence-electron chi connectivity index (χ1n) is 8.76. The van der Waals surface area contributed by atoms with Gasteiger partial charge in [-0.1, -0.05) is 0 Å². The van der Waals surface area contributed by atoms with Gasteiger partial charge in [0.2, 0.25) is 21.8 Å². The molecule has 0 aliphatic rings. The summed E-state index contributed by atoms with van der Waals surface area (Å²) in [6, 6.07) is 12.3. The second-order valence-electron chi connectivity index (χ2n) is 6.29. The van der Waals surface area contributed by atoms with Crippen molar-refractivity contribution < 1.29 is 27.9 Å². The lowest BCUT2D eigenvalue weighted by Gasteiger charge is -2.13. The molecule has 0 saturated carbocycles. The van der Waals surface area contributed by atoms with Crippen LogP contribution in [0.5, 0.6) is 0 Å². The van der Waals surface area contributed by atoms with Gasteiger partial charge in [-0.2, -0.15) is 0 Å². The highest BCUT2D eigenvalue weighted by Crippen LogP contribution is 2.26. The number of carbonyl (C=O) groups excluding carboxylic acids is 2. The van der Waals surface area contributed by atoms with E-state index in [1.165, 1.54) is 36.0 Å². The number of nitrogens with two attached hydrogens (primary N) is 1. The summed E-state index contributed by atoms with van der Waals surface area (Å²) in [5, 5.41) is 18.5. The highest BCUT2D eigenvalue weighted by molar-refractivity contribution is 8.00. The summed E-state index contributed by atoms with van der Waals surface area (Å²) in [5.41, 5.74) is 0.973. The Bertz CT molecular complexity index is 1020. The van der Waals surface area contributed by atoms with Crippen LogP contribution in [0.2, 0.25) is 0 Å². The minimum Gasteiger partial charge on any atom is -0.481 e. The van der Waals surface area contributed by atoms with Gasteiger partial charge in [-0.05, 0) is 55.5 Å². The van der Waals surface area contributed by atoms with Crippen molar-refractivity contribution in [2.24, 2.45) is 5.14 Å². The van der Waals surface area contributed by atoms with Gasteiger partial charge < -0.3 is 15.7 Å². The van der Waals surface area contributed by atoms with Gasteiger partial charge in [-0.25, -0.2) is 13.6 Å². The minimum atomic E-state index is -3.79. The van der Waals surface area contributed by atoms with E-state index in [9.17, 15) is 22.8 Å². The molecule has 11 heteroatoms. The Morgan fingerprint density at radius 1 is 0.967 bits per heavy atom. The van der Waals surface area contributed by atoms with E-state index >= 15 is 0 Å². The summed E-state index contributed by atoms with van der Waals surface area (Å²) >= 11 is 1.30. The topological polar surface area (TPSA) is 156 Å². The molecule has 2 aromatic carbocycles. The van der Waals surface area contributed by atoms with Crippen molar-refractivity contribution in [2.45, 2.75) is 34.8 Å². The van der Waals surface area contributed by atoms with Crippen molar-refractivity contribution >= 4 is 50.9 Å². The Morgan fingerprint density at radius 2 is 1.50 bits per heavy atom. The second-order valence-corrected chi connectivity index (χ2v) is 9.26. The quantitative estimate of drug-likeness (QED) is 0.426. The van der Waals surface area contributed by atoms with Crippen molar-refractivity contribution in [1.82, 2.24) is 0 Å². The molecule has 0 heterocycles. The van der Waals surface area contributed by atoms with Gasteiger partial charge in [0.25, 0.3) is 0 Å². The fourth-order valence-corrected chi connectivity index (χ4v) is 3.67. The Morgan fingerprint density at radius 3 is 2.03 bits per heavy atom. The van der Waals surface area contributed by atoms with Crippen LogP contribution >= 0.6 is 11.8 Å². The monoisotopic (exact) mass is 451 g/mol. The first kappa shape index (κ1) is 23.4. The zero-order valence-electron chi connectivity index (χ0n) is 16.0. The predicted octanol–water partition coefficient (Wildman–Crippen LogP) is 2.26. The van der Waals surface area contributed by atoms with Crippen LogP contribution in [0.25, 0.3) is 0 Å². The number of carbonyl (C=O) groups is 3. The van der Waals surface area contributed by atoms with Gasteiger partial charge in [0.05, 0.1) is 16.6 Å². The molecule has 0 aromatic heterocycles. The highest BCUT2D eigenvalue weighted by atomic mass is 32.2. The zero-order chi connectivity index (χ0) is 22.3. The molecule has 0 spiro atoms. The van der Waals surface area contributed by atoms with E-state index in [0.29, 0.717) is 11.4 Å². The van der Waals surface area contributed by atoms with Crippen molar-refractivity contribution in [3.05, 3.63) is 48.5 Å². The van der Waals surface area contributed by atoms with E-state index in [1.54, 1.807) is 31.2 Å². The van der Waals surface area contributed by atoms with Crippen LogP contribution in [0.3, 0.4) is 0 Å². The molecule has 0 unspecified atom stereocenters. The van der Waals surface area contributed by atoms with E-state index in [-0.39, 0.29) is 29.6 Å². The van der Waals surface area contributed by atoms with Crippen LogP contribution in [-0.4, -0.2) is 36.6 Å². The molecule has 5 N–H and O–H groups in total. The fraction of sp³-hybridized carbons (Fsp3) is 0.211. The molecule has 0 fully saturated rings. The third-order valence-electron chi connectivity index (χ3n) is 3.84. The molecule has 1 atom stereocenters. The van der Waals surface area contributed by atoms with Crippen LogP contribution in [0, 0.1) is 0 Å². The molecule has 0 saturated heterocycles. The molecule has 2 rings (SSSR count). The summed E-state index contributed by atoms with van der Waals surface area (Å²) in [6.07, 6.45) is -0.349. The van der Waals surface area contributed by atoms with Crippen LogP contribution in [0.1, 0.15) is 19.8 Å². The molecule has 0 bridgehead atoms. The van der Waals surface area contributed by atoms with Gasteiger partial charge in [-0.3, -0.25) is 14.4 Å². The van der Waals surface area contributed by atoms with E-state index in [4.69, 9.17) is 10.2 Å². The molecule has 0 aliphatic carbocycles. The average molecular weight is 452 g/mol. The maximum absolute atomic E-state index is 12.4. The molecule has 30 heavy (non-hydrogen) atoms. The molecule has 9 nitrogen and oxygen atoms in total. The Balaban J connectivity index is 1.89. The van der Waals surface area contributed by atoms with E-state index in [2.05, 4.69) is 10.6 Å². The normalized spacial score (nSPS) is 12.1. The average Bonchev–Trinajstić information content (AvgIpc) is 2.67. The van der Waals surface area contributed by atoms with Crippen molar-refractivity contribution in [3.63, 3.8) is 0 Å². The third kappa shape index (κ3) is 7.50. The molecular formula is C19H21N3O6S2. The smallest absolute Gasteiger partial charge is 0.303 e. The van der Waals surface area contributed by atoms with Gasteiger partial charge in [0.15, 0.2) is 0 Å². The van der Waals surface area contributed by atoms with Crippen LogP contribution in [-0.2, 0) is 24.4 Å². The second kappa shape index (κ2) is 10.2. The number of benzene rings is 2. The van der Waals surface area contributed by atoms with Gasteiger partial charge in [0.1, 0.15) is 0 Å². The maximum atomic E-state index is 12.4. The van der Waals surface area contributed by atoms with Crippen LogP contribution in [0.4, 0.5) is 11.4 Å². The number of nitrogens with one attached hydrogen (secondary N) is 2. The molecular weight excluding hydrogens is 430 g/mol. The number of hydrogen-bond donors (Lipinski definition) is 4. The number of amides is 2. The Hall–Kier alpha value is -2.89. The lowest BCUT2D eigenvalue weighted by Crippen LogP contribution is -2.22. The number of sulfonamides is 1. The number of thioether (sulfide) groups is 1. The van der Waals surface area contributed by atoms with Crippen molar-refractivity contribution in [2.75, 3.05) is 10.6 Å². The van der Waals surface area contributed by atoms with Gasteiger partial charge in [-0.15, -0.1) is 11.8 Å². The number of carboxylic acid groups (broad SMARTS) is 1. The van der Waals surface area contributed by atoms with E-state index in [1.807, 2.05) is 0 Å². The summed E-state index contributed by atoms with van der Waals surface area (Å²) in [7, 11) is -3.79. The first-order valence-corrected chi connectivity index (χ1v) is 11.2. The maximum Gasteiger partial charge on any atom is 0.303 e. The number of rotatable bonds is 9. The van der Waals surface area contributed by atoms with E-state index < -0.39 is 21.2 Å². The lowest BCUT2D eigenvalue weighted by molar-refractivity contribution is -0.138. The van der Waals surface area contributed by atoms with Crippen LogP contribution in [0.15, 0.2) is 58.3 Å². The van der Waals surface area contributed by atoms with Gasteiger partial charge >= 0.3 is 5.97 Å².